The Balaban J connectivity index is 1.53. The first-order valence-corrected chi connectivity index (χ1v) is 8.31. The summed E-state index contributed by atoms with van der Waals surface area (Å²) in [6.45, 7) is 1.33. The van der Waals surface area contributed by atoms with Gasteiger partial charge in [0.25, 0.3) is 0 Å². The van der Waals surface area contributed by atoms with Crippen LogP contribution in [0.25, 0.3) is 0 Å². The molecule has 0 aliphatic carbocycles. The van der Waals surface area contributed by atoms with Gasteiger partial charge in [0.05, 0.1) is 5.92 Å². The Labute approximate surface area is 151 Å². The Kier molecular flexibility index (Phi) is 5.31. The van der Waals surface area contributed by atoms with E-state index in [2.05, 4.69) is 5.32 Å². The van der Waals surface area contributed by atoms with Gasteiger partial charge in [-0.3, -0.25) is 14.4 Å². The lowest BCUT2D eigenvalue weighted by Crippen LogP contribution is -2.31. The van der Waals surface area contributed by atoms with Crippen molar-refractivity contribution in [2.45, 2.75) is 13.3 Å². The van der Waals surface area contributed by atoms with Crippen molar-refractivity contribution in [3.05, 3.63) is 59.7 Å². The van der Waals surface area contributed by atoms with Gasteiger partial charge in [0.2, 0.25) is 5.91 Å². The fourth-order valence-corrected chi connectivity index (χ4v) is 2.76. The van der Waals surface area contributed by atoms with Gasteiger partial charge in [-0.05, 0) is 42.3 Å². The number of hydrogen-bond acceptors (Lipinski definition) is 5. The molecule has 2 aromatic carbocycles. The molecule has 1 atom stereocenters. The summed E-state index contributed by atoms with van der Waals surface area (Å²) < 4.78 is 10.7. The number of rotatable bonds is 5. The van der Waals surface area contributed by atoms with Gasteiger partial charge in [-0.15, -0.1) is 0 Å². The van der Waals surface area contributed by atoms with Crippen LogP contribution in [0.2, 0.25) is 0 Å². The molecule has 134 valence electrons. The second-order valence-corrected chi connectivity index (χ2v) is 6.11. The Bertz CT molecular complexity index is 828. The Morgan fingerprint density at radius 1 is 1.12 bits per heavy atom. The first kappa shape index (κ1) is 17.7. The predicted molar refractivity (Wildman–Crippen MR) is 95.2 cm³/mol. The monoisotopic (exact) mass is 353 g/mol. The maximum atomic E-state index is 12.2. The highest BCUT2D eigenvalue weighted by Gasteiger charge is 2.27. The Morgan fingerprint density at radius 3 is 2.58 bits per heavy atom. The summed E-state index contributed by atoms with van der Waals surface area (Å²) in [4.78, 5) is 35.4. The van der Waals surface area contributed by atoms with Crippen molar-refractivity contribution in [3.63, 3.8) is 0 Å². The van der Waals surface area contributed by atoms with Crippen LogP contribution in [0.3, 0.4) is 0 Å². The Morgan fingerprint density at radius 2 is 1.85 bits per heavy atom. The molecule has 1 amide bonds. The molecule has 0 saturated heterocycles. The highest BCUT2D eigenvalue weighted by atomic mass is 16.5. The SMILES string of the molecule is CC(=O)Nc1ccc(C(=O)COC(=O)C2COc3ccccc3C2)cc1. The molecule has 0 bridgehead atoms. The third-order valence-electron chi connectivity index (χ3n) is 4.09. The molecule has 0 saturated carbocycles. The second-order valence-electron chi connectivity index (χ2n) is 6.11. The summed E-state index contributed by atoms with van der Waals surface area (Å²) in [6, 6.07) is 14.0. The number of carbonyl (C=O) groups is 3. The van der Waals surface area contributed by atoms with E-state index in [0.717, 1.165) is 11.3 Å². The number of amides is 1. The number of hydrogen-bond donors (Lipinski definition) is 1. The fraction of sp³-hybridized carbons (Fsp3) is 0.250. The second kappa shape index (κ2) is 7.82. The minimum Gasteiger partial charge on any atom is -0.492 e. The normalized spacial score (nSPS) is 15.3. The Hall–Kier alpha value is -3.15. The van der Waals surface area contributed by atoms with Gasteiger partial charge in [-0.1, -0.05) is 18.2 Å². The lowest BCUT2D eigenvalue weighted by molar-refractivity contribution is -0.148. The molecule has 2 aromatic rings. The molecule has 1 unspecified atom stereocenters. The van der Waals surface area contributed by atoms with E-state index < -0.39 is 11.9 Å². The number of ketones is 1. The number of para-hydroxylation sites is 1. The number of benzene rings is 2. The summed E-state index contributed by atoms with van der Waals surface area (Å²) in [5.74, 6) is -0.561. The van der Waals surface area contributed by atoms with E-state index in [1.807, 2.05) is 24.3 Å². The summed E-state index contributed by atoms with van der Waals surface area (Å²) in [7, 11) is 0. The number of ether oxygens (including phenoxy) is 2. The van der Waals surface area contributed by atoms with Crippen LogP contribution >= 0.6 is 0 Å². The molecule has 1 aliphatic rings. The zero-order valence-corrected chi connectivity index (χ0v) is 14.4. The highest BCUT2D eigenvalue weighted by molar-refractivity contribution is 5.98. The molecule has 6 nitrogen and oxygen atoms in total. The molecule has 6 heteroatoms. The van der Waals surface area contributed by atoms with Crippen LogP contribution in [0.5, 0.6) is 5.75 Å². The summed E-state index contributed by atoms with van der Waals surface area (Å²) in [6.07, 6.45) is 0.536. The number of Topliss-reactive ketones (excluding diaryl/α,β-unsaturated/α-hetero) is 1. The number of esters is 1. The van der Waals surface area contributed by atoms with Crippen LogP contribution in [-0.2, 0) is 20.7 Å². The first-order chi connectivity index (χ1) is 12.5. The molecular weight excluding hydrogens is 334 g/mol. The average Bonchev–Trinajstić information content (AvgIpc) is 2.65. The molecule has 1 aliphatic heterocycles. The lowest BCUT2D eigenvalue weighted by Gasteiger charge is -2.23. The van der Waals surface area contributed by atoms with Gasteiger partial charge in [0.1, 0.15) is 12.4 Å². The molecule has 1 N–H and O–H groups in total. The van der Waals surface area contributed by atoms with Crippen molar-refractivity contribution in [1.29, 1.82) is 0 Å². The minimum atomic E-state index is -0.442. The maximum absolute atomic E-state index is 12.2. The topological polar surface area (TPSA) is 81.7 Å². The van der Waals surface area contributed by atoms with E-state index >= 15 is 0 Å². The van der Waals surface area contributed by atoms with Crippen molar-refractivity contribution < 1.29 is 23.9 Å². The smallest absolute Gasteiger partial charge is 0.313 e. The van der Waals surface area contributed by atoms with Crippen LogP contribution in [0.4, 0.5) is 5.69 Å². The van der Waals surface area contributed by atoms with E-state index in [1.165, 1.54) is 6.92 Å². The molecule has 3 rings (SSSR count). The number of carbonyl (C=O) groups excluding carboxylic acids is 3. The van der Waals surface area contributed by atoms with Crippen LogP contribution in [0.15, 0.2) is 48.5 Å². The van der Waals surface area contributed by atoms with Gasteiger partial charge < -0.3 is 14.8 Å². The van der Waals surface area contributed by atoms with Gasteiger partial charge >= 0.3 is 5.97 Å². The van der Waals surface area contributed by atoms with Crippen LogP contribution in [0.1, 0.15) is 22.8 Å². The van der Waals surface area contributed by atoms with Crippen LogP contribution < -0.4 is 10.1 Å². The zero-order valence-electron chi connectivity index (χ0n) is 14.4. The van der Waals surface area contributed by atoms with Gasteiger partial charge in [-0.2, -0.15) is 0 Å². The molecular formula is C20H19NO5. The summed E-state index contributed by atoms with van der Waals surface area (Å²) >= 11 is 0. The molecule has 0 fully saturated rings. The largest absolute Gasteiger partial charge is 0.492 e. The van der Waals surface area contributed by atoms with Gasteiger partial charge in [0, 0.05) is 18.2 Å². The standard InChI is InChI=1S/C20H19NO5/c1-13(22)21-17-8-6-14(7-9-17)18(23)12-26-20(24)16-10-15-4-2-3-5-19(15)25-11-16/h2-9,16H,10-12H2,1H3,(H,21,22). The fourth-order valence-electron chi connectivity index (χ4n) is 2.76. The summed E-state index contributed by atoms with van der Waals surface area (Å²) in [5.41, 5.74) is 1.97. The van der Waals surface area contributed by atoms with Crippen molar-refractivity contribution >= 4 is 23.3 Å². The number of nitrogens with one attached hydrogen (secondary N) is 1. The van der Waals surface area contributed by atoms with E-state index in [4.69, 9.17) is 9.47 Å². The van der Waals surface area contributed by atoms with Crippen LogP contribution in [0, 0.1) is 5.92 Å². The molecule has 26 heavy (non-hydrogen) atoms. The quantitative estimate of drug-likeness (QED) is 0.660. The van der Waals surface area contributed by atoms with Crippen molar-refractivity contribution in [3.8, 4) is 5.75 Å². The average molecular weight is 353 g/mol. The van der Waals surface area contributed by atoms with E-state index in [9.17, 15) is 14.4 Å². The maximum Gasteiger partial charge on any atom is 0.313 e. The number of anilines is 1. The third-order valence-corrected chi connectivity index (χ3v) is 4.09. The van der Waals surface area contributed by atoms with Crippen molar-refractivity contribution in [2.24, 2.45) is 5.92 Å². The highest BCUT2D eigenvalue weighted by Crippen LogP contribution is 2.27. The molecule has 0 aromatic heterocycles. The minimum absolute atomic E-state index is 0.186. The van der Waals surface area contributed by atoms with E-state index in [-0.39, 0.29) is 24.9 Å². The number of fused-ring (bicyclic) bond motifs is 1. The molecule has 1 heterocycles. The van der Waals surface area contributed by atoms with Gasteiger partial charge in [-0.25, -0.2) is 0 Å². The first-order valence-electron chi connectivity index (χ1n) is 8.31. The predicted octanol–water partition coefficient (Wildman–Crippen LogP) is 2.62. The lowest BCUT2D eigenvalue weighted by atomic mass is 9.97. The zero-order chi connectivity index (χ0) is 18.5. The third kappa shape index (κ3) is 4.27. The molecule has 0 radical (unpaired) electrons. The van der Waals surface area contributed by atoms with Crippen molar-refractivity contribution in [1.82, 2.24) is 0 Å². The van der Waals surface area contributed by atoms with Gasteiger partial charge in [0.15, 0.2) is 12.4 Å². The van der Waals surface area contributed by atoms with Crippen LogP contribution in [-0.4, -0.2) is 30.9 Å². The van der Waals surface area contributed by atoms with Crippen molar-refractivity contribution in [2.75, 3.05) is 18.5 Å². The summed E-state index contributed by atoms with van der Waals surface area (Å²) in [5, 5.41) is 2.62. The van der Waals surface area contributed by atoms with E-state index in [1.54, 1.807) is 24.3 Å². The molecule has 0 spiro atoms. The van der Waals surface area contributed by atoms with E-state index in [0.29, 0.717) is 17.7 Å².